The third-order valence-corrected chi connectivity index (χ3v) is 2.33. The molecule has 4 nitrogen and oxygen atoms in total. The summed E-state index contributed by atoms with van der Waals surface area (Å²) in [7, 11) is 0. The number of carbonyl (C=O) groups excluding carboxylic acids is 2. The maximum atomic E-state index is 11.9. The second-order valence-corrected chi connectivity index (χ2v) is 3.50. The number of benzene rings is 1. The van der Waals surface area contributed by atoms with Crippen LogP contribution in [0.15, 0.2) is 43.0 Å². The summed E-state index contributed by atoms with van der Waals surface area (Å²) >= 11 is 0. The largest absolute Gasteiger partial charge is 0.458 e. The number of rotatable bonds is 6. The van der Waals surface area contributed by atoms with Crippen LogP contribution in [-0.2, 0) is 24.7 Å². The first kappa shape index (κ1) is 13.0. The van der Waals surface area contributed by atoms with Crippen molar-refractivity contribution in [1.82, 2.24) is 0 Å². The lowest BCUT2D eigenvalue weighted by Crippen LogP contribution is -2.37. The van der Waals surface area contributed by atoms with Crippen LogP contribution in [-0.4, -0.2) is 19.0 Å². The van der Waals surface area contributed by atoms with E-state index in [1.165, 1.54) is 13.0 Å². The molecule has 17 heavy (non-hydrogen) atoms. The van der Waals surface area contributed by atoms with Crippen LogP contribution in [0.3, 0.4) is 0 Å². The normalized spacial score (nSPS) is 13.2. The third-order valence-electron chi connectivity index (χ3n) is 2.33. The number of ether oxygens (including phenoxy) is 2. The lowest BCUT2D eigenvalue weighted by molar-refractivity contribution is -0.174. The molecule has 1 rings (SSSR count). The molecule has 1 unspecified atom stereocenters. The first-order chi connectivity index (χ1) is 8.15. The highest BCUT2D eigenvalue weighted by molar-refractivity contribution is 5.82. The minimum Gasteiger partial charge on any atom is -0.458 e. The van der Waals surface area contributed by atoms with Gasteiger partial charge >= 0.3 is 5.97 Å². The summed E-state index contributed by atoms with van der Waals surface area (Å²) in [6.45, 7) is 5.25. The molecule has 0 aliphatic heterocycles. The zero-order chi connectivity index (χ0) is 12.7. The summed E-state index contributed by atoms with van der Waals surface area (Å²) in [6, 6.07) is 8.70. The fraction of sp³-hybridized carbons (Fsp3) is 0.231. The second kappa shape index (κ2) is 5.84. The molecular weight excluding hydrogens is 220 g/mol. The van der Waals surface area contributed by atoms with Crippen molar-refractivity contribution in [2.75, 3.05) is 6.61 Å². The Balaban J connectivity index is 3.00. The number of esters is 1. The Morgan fingerprint density at radius 2 is 2.06 bits per heavy atom. The highest BCUT2D eigenvalue weighted by atomic mass is 16.6. The van der Waals surface area contributed by atoms with Gasteiger partial charge in [0.25, 0.3) is 6.47 Å². The molecule has 0 radical (unpaired) electrons. The van der Waals surface area contributed by atoms with Crippen molar-refractivity contribution in [2.45, 2.75) is 12.5 Å². The van der Waals surface area contributed by atoms with E-state index in [1.807, 2.05) is 0 Å². The molecule has 0 N–H and O–H groups in total. The summed E-state index contributed by atoms with van der Waals surface area (Å²) in [5.41, 5.74) is -0.868. The van der Waals surface area contributed by atoms with E-state index < -0.39 is 11.6 Å². The molecule has 0 heterocycles. The van der Waals surface area contributed by atoms with E-state index in [2.05, 4.69) is 6.58 Å². The van der Waals surface area contributed by atoms with Crippen molar-refractivity contribution < 1.29 is 19.1 Å². The van der Waals surface area contributed by atoms with E-state index >= 15 is 0 Å². The van der Waals surface area contributed by atoms with E-state index in [9.17, 15) is 9.59 Å². The fourth-order valence-corrected chi connectivity index (χ4v) is 1.36. The maximum absolute atomic E-state index is 11.9. The van der Waals surface area contributed by atoms with Gasteiger partial charge in [0.1, 0.15) is 6.61 Å². The van der Waals surface area contributed by atoms with Crippen LogP contribution in [0, 0.1) is 0 Å². The van der Waals surface area contributed by atoms with E-state index in [0.29, 0.717) is 5.56 Å². The number of carbonyl (C=O) groups is 2. The molecule has 0 aliphatic rings. The van der Waals surface area contributed by atoms with Crippen LogP contribution in [0.5, 0.6) is 0 Å². The van der Waals surface area contributed by atoms with Crippen molar-refractivity contribution in [3.8, 4) is 0 Å². The Bertz CT molecular complexity index is 399. The highest BCUT2D eigenvalue weighted by Crippen LogP contribution is 2.26. The van der Waals surface area contributed by atoms with Crippen LogP contribution in [0.1, 0.15) is 12.5 Å². The molecule has 0 saturated carbocycles. The van der Waals surface area contributed by atoms with Gasteiger partial charge in [0.15, 0.2) is 0 Å². The summed E-state index contributed by atoms with van der Waals surface area (Å²) < 4.78 is 9.81. The third kappa shape index (κ3) is 2.93. The van der Waals surface area contributed by atoms with Crippen LogP contribution in [0.25, 0.3) is 0 Å². The van der Waals surface area contributed by atoms with Gasteiger partial charge in [-0.05, 0) is 6.92 Å². The van der Waals surface area contributed by atoms with Gasteiger partial charge in [0.2, 0.25) is 5.60 Å². The molecule has 1 aromatic rings. The molecule has 1 atom stereocenters. The van der Waals surface area contributed by atoms with Crippen molar-refractivity contribution in [2.24, 2.45) is 0 Å². The second-order valence-electron chi connectivity index (χ2n) is 3.50. The summed E-state index contributed by atoms with van der Waals surface area (Å²) in [4.78, 5) is 22.4. The van der Waals surface area contributed by atoms with Crippen molar-refractivity contribution in [3.63, 3.8) is 0 Å². The van der Waals surface area contributed by atoms with Crippen LogP contribution >= 0.6 is 0 Å². The molecule has 0 saturated heterocycles. The zero-order valence-corrected chi connectivity index (χ0v) is 9.59. The molecule has 4 heteroatoms. The molecular formula is C13H14O4. The smallest absolute Gasteiger partial charge is 0.355 e. The zero-order valence-electron chi connectivity index (χ0n) is 9.59. The molecule has 0 aliphatic carbocycles. The Hall–Kier alpha value is -2.10. The van der Waals surface area contributed by atoms with Gasteiger partial charge in [-0.2, -0.15) is 0 Å². The number of hydrogen-bond acceptors (Lipinski definition) is 4. The van der Waals surface area contributed by atoms with Gasteiger partial charge in [0, 0.05) is 5.56 Å². The van der Waals surface area contributed by atoms with Gasteiger partial charge in [0.05, 0.1) is 0 Å². The Morgan fingerprint density at radius 3 is 2.59 bits per heavy atom. The summed E-state index contributed by atoms with van der Waals surface area (Å²) in [5, 5.41) is 0. The monoisotopic (exact) mass is 234 g/mol. The summed E-state index contributed by atoms with van der Waals surface area (Å²) in [6.07, 6.45) is 1.45. The molecule has 1 aromatic carbocycles. The van der Waals surface area contributed by atoms with Crippen LogP contribution in [0.2, 0.25) is 0 Å². The minimum atomic E-state index is -1.42. The van der Waals surface area contributed by atoms with E-state index in [4.69, 9.17) is 9.47 Å². The standard InChI is InChI=1S/C13H14O4/c1-3-9-16-12(15)13(2,17-10-14)11-7-5-4-6-8-11/h3-8,10H,1,9H2,2H3. The van der Waals surface area contributed by atoms with E-state index in [-0.39, 0.29) is 13.1 Å². The predicted molar refractivity (Wildman–Crippen MR) is 62.1 cm³/mol. The van der Waals surface area contributed by atoms with Gasteiger partial charge in [-0.25, -0.2) is 4.79 Å². The van der Waals surface area contributed by atoms with E-state index in [0.717, 1.165) is 0 Å². The van der Waals surface area contributed by atoms with Crippen LogP contribution < -0.4 is 0 Å². The summed E-state index contributed by atoms with van der Waals surface area (Å²) in [5.74, 6) is -0.629. The fourth-order valence-electron chi connectivity index (χ4n) is 1.36. The average Bonchev–Trinajstić information content (AvgIpc) is 2.37. The molecule has 90 valence electrons. The first-order valence-electron chi connectivity index (χ1n) is 5.10. The van der Waals surface area contributed by atoms with Gasteiger partial charge < -0.3 is 9.47 Å². The number of hydrogen-bond donors (Lipinski definition) is 0. The topological polar surface area (TPSA) is 52.6 Å². The molecule has 0 amide bonds. The SMILES string of the molecule is C=CCOC(=O)C(C)(OC=O)c1ccccc1. The quantitative estimate of drug-likeness (QED) is 0.428. The predicted octanol–water partition coefficient (Wildman–Crippen LogP) is 1.80. The average molecular weight is 234 g/mol. The highest BCUT2D eigenvalue weighted by Gasteiger charge is 2.38. The van der Waals surface area contributed by atoms with E-state index in [1.54, 1.807) is 30.3 Å². The van der Waals surface area contributed by atoms with Crippen molar-refractivity contribution in [1.29, 1.82) is 0 Å². The maximum Gasteiger partial charge on any atom is 0.355 e. The van der Waals surface area contributed by atoms with Gasteiger partial charge in [-0.1, -0.05) is 43.0 Å². The molecule has 0 spiro atoms. The van der Waals surface area contributed by atoms with Crippen molar-refractivity contribution in [3.05, 3.63) is 48.6 Å². The molecule has 0 bridgehead atoms. The minimum absolute atomic E-state index is 0.0729. The van der Waals surface area contributed by atoms with Gasteiger partial charge in [-0.3, -0.25) is 4.79 Å². The van der Waals surface area contributed by atoms with Crippen LogP contribution in [0.4, 0.5) is 0 Å². The lowest BCUT2D eigenvalue weighted by atomic mass is 9.96. The molecule has 0 fully saturated rings. The van der Waals surface area contributed by atoms with Crippen molar-refractivity contribution >= 4 is 12.4 Å². The molecule has 0 aromatic heterocycles. The first-order valence-corrected chi connectivity index (χ1v) is 5.10. The lowest BCUT2D eigenvalue weighted by Gasteiger charge is -2.25. The Kier molecular flexibility index (Phi) is 4.46. The van der Waals surface area contributed by atoms with Gasteiger partial charge in [-0.15, -0.1) is 0 Å². The Labute approximate surface area is 99.8 Å². The Morgan fingerprint density at radius 1 is 1.41 bits per heavy atom.